The number of nitrogens with zero attached hydrogens (tertiary/aromatic N) is 2. The number of ether oxygens (including phenoxy) is 3. The van der Waals surface area contributed by atoms with Crippen molar-refractivity contribution in [2.75, 3.05) is 19.2 Å². The van der Waals surface area contributed by atoms with E-state index in [1.807, 2.05) is 41.8 Å². The van der Waals surface area contributed by atoms with Crippen molar-refractivity contribution in [3.05, 3.63) is 66.2 Å². The Kier molecular flexibility index (Phi) is 6.68. The molecule has 0 saturated heterocycles. The van der Waals surface area contributed by atoms with Crippen LogP contribution < -0.4 is 36.3 Å². The number of rotatable bonds is 7. The Labute approximate surface area is 174 Å². The minimum absolute atomic E-state index is 0.0734. The number of nitrogens with two attached hydrogens (primary N) is 2. The Hall–Kier alpha value is -3.82. The molecule has 5 N–H and O–H groups in total. The van der Waals surface area contributed by atoms with Crippen molar-refractivity contribution in [1.29, 1.82) is 0 Å². The largest absolute Gasteiger partial charge is 0.497 e. The van der Waals surface area contributed by atoms with E-state index in [1.54, 1.807) is 31.4 Å². The third-order valence-electron chi connectivity index (χ3n) is 4.40. The molecule has 0 aliphatic heterocycles. The number of benzene rings is 2. The third kappa shape index (κ3) is 4.59. The van der Waals surface area contributed by atoms with Crippen molar-refractivity contribution in [1.82, 2.24) is 10.4 Å². The van der Waals surface area contributed by atoms with Crippen molar-refractivity contribution < 1.29 is 19.0 Å². The van der Waals surface area contributed by atoms with Gasteiger partial charge in [-0.2, -0.15) is 0 Å². The van der Waals surface area contributed by atoms with Gasteiger partial charge in [-0.05, 0) is 42.5 Å². The summed E-state index contributed by atoms with van der Waals surface area (Å²) in [5.41, 5.74) is 4.63. The third-order valence-corrected chi connectivity index (χ3v) is 4.40. The maximum absolute atomic E-state index is 11.8. The van der Waals surface area contributed by atoms with Gasteiger partial charge in [0.05, 0.1) is 31.2 Å². The van der Waals surface area contributed by atoms with Crippen LogP contribution in [0.4, 0.5) is 10.5 Å². The quantitative estimate of drug-likeness (QED) is 0.311. The summed E-state index contributed by atoms with van der Waals surface area (Å²) in [7, 11) is 3.14. The lowest BCUT2D eigenvalue weighted by Gasteiger charge is -2.21. The fourth-order valence-electron chi connectivity index (χ4n) is 2.86. The van der Waals surface area contributed by atoms with E-state index in [0.717, 1.165) is 22.0 Å². The normalized spacial score (nSPS) is 10.3. The highest BCUT2D eigenvalue weighted by Gasteiger charge is 2.18. The predicted octanol–water partition coefficient (Wildman–Crippen LogP) is 2.61. The number of anilines is 1. The topological polar surface area (TPSA) is 125 Å². The second kappa shape index (κ2) is 9.59. The first-order valence-electron chi connectivity index (χ1n) is 9.03. The summed E-state index contributed by atoms with van der Waals surface area (Å²) in [6.07, 6.45) is 0. The number of carbonyl (C=O) groups is 1. The van der Waals surface area contributed by atoms with E-state index in [0.29, 0.717) is 22.9 Å². The monoisotopic (exact) mass is 409 g/mol. The van der Waals surface area contributed by atoms with Gasteiger partial charge in [0.1, 0.15) is 18.1 Å². The van der Waals surface area contributed by atoms with Crippen LogP contribution in [0.25, 0.3) is 11.3 Å². The minimum atomic E-state index is -0.677. The van der Waals surface area contributed by atoms with E-state index >= 15 is 0 Å². The molecular weight excluding hydrogens is 386 g/mol. The number of carbonyl (C=O) groups excluding carboxylic acids is 1. The SMILES string of the molecule is COc1ccc(-c2cccc(OCc3c(OC)cccc3N(N)C(=O)NN)n2)cc1. The second-order valence-corrected chi connectivity index (χ2v) is 6.16. The number of amides is 2. The van der Waals surface area contributed by atoms with Crippen LogP contribution in [-0.2, 0) is 6.61 Å². The Balaban J connectivity index is 1.84. The molecule has 0 aliphatic carbocycles. The molecule has 156 valence electrons. The maximum atomic E-state index is 11.8. The Morgan fingerprint density at radius 1 is 1.03 bits per heavy atom. The van der Waals surface area contributed by atoms with Gasteiger partial charge in [-0.1, -0.05) is 12.1 Å². The minimum Gasteiger partial charge on any atom is -0.497 e. The highest BCUT2D eigenvalue weighted by molar-refractivity contribution is 5.91. The molecule has 0 unspecified atom stereocenters. The molecule has 0 saturated carbocycles. The highest BCUT2D eigenvalue weighted by atomic mass is 16.5. The first-order chi connectivity index (χ1) is 14.6. The van der Waals surface area contributed by atoms with Crippen molar-refractivity contribution in [3.63, 3.8) is 0 Å². The molecule has 30 heavy (non-hydrogen) atoms. The van der Waals surface area contributed by atoms with Crippen molar-refractivity contribution >= 4 is 11.7 Å². The molecule has 0 atom stereocenters. The van der Waals surface area contributed by atoms with Crippen molar-refractivity contribution in [2.45, 2.75) is 6.61 Å². The Bertz CT molecular complexity index is 1010. The summed E-state index contributed by atoms with van der Waals surface area (Å²) < 4.78 is 16.5. The number of hydrazine groups is 2. The summed E-state index contributed by atoms with van der Waals surface area (Å²) >= 11 is 0. The standard InChI is InChI=1S/C21H23N5O4/c1-28-15-11-9-14(10-12-15)17-5-3-8-20(24-17)30-13-16-18(26(23)21(27)25-22)6-4-7-19(16)29-2/h3-12H,13,22-23H2,1-2H3,(H,25,27). The average Bonchev–Trinajstić information content (AvgIpc) is 2.81. The molecule has 1 aromatic heterocycles. The predicted molar refractivity (Wildman–Crippen MR) is 113 cm³/mol. The first kappa shape index (κ1) is 20.9. The molecule has 9 nitrogen and oxygen atoms in total. The molecule has 1 heterocycles. The zero-order chi connectivity index (χ0) is 21.5. The summed E-state index contributed by atoms with van der Waals surface area (Å²) in [6, 6.07) is 17.5. The van der Waals surface area contributed by atoms with Gasteiger partial charge in [0.25, 0.3) is 0 Å². The Morgan fingerprint density at radius 2 is 1.77 bits per heavy atom. The van der Waals surface area contributed by atoms with Gasteiger partial charge in [0.15, 0.2) is 0 Å². The Morgan fingerprint density at radius 3 is 2.43 bits per heavy atom. The summed E-state index contributed by atoms with van der Waals surface area (Å²) in [4.78, 5) is 16.4. The lowest BCUT2D eigenvalue weighted by molar-refractivity contribution is 0.246. The van der Waals surface area contributed by atoms with Gasteiger partial charge in [0.2, 0.25) is 5.88 Å². The number of hydrogen-bond donors (Lipinski definition) is 3. The van der Waals surface area contributed by atoms with E-state index in [-0.39, 0.29) is 6.61 Å². The van der Waals surface area contributed by atoms with Crippen molar-refractivity contribution in [2.24, 2.45) is 11.7 Å². The smallest absolute Gasteiger partial charge is 0.350 e. The molecule has 9 heteroatoms. The van der Waals surface area contributed by atoms with Gasteiger partial charge >= 0.3 is 6.03 Å². The number of aromatic nitrogens is 1. The molecular formula is C21H23N5O4. The molecule has 3 aromatic rings. The van der Waals surface area contributed by atoms with Crippen LogP contribution >= 0.6 is 0 Å². The van der Waals surface area contributed by atoms with E-state index in [4.69, 9.17) is 25.9 Å². The molecule has 0 fully saturated rings. The number of urea groups is 1. The number of nitrogens with one attached hydrogen (secondary N) is 1. The van der Waals surface area contributed by atoms with E-state index in [2.05, 4.69) is 4.98 Å². The van der Waals surface area contributed by atoms with Crippen molar-refractivity contribution in [3.8, 4) is 28.6 Å². The summed E-state index contributed by atoms with van der Waals surface area (Å²) in [5, 5.41) is 0.891. The van der Waals surface area contributed by atoms with Gasteiger partial charge in [0, 0.05) is 11.6 Å². The van der Waals surface area contributed by atoms with Crippen LogP contribution in [0.3, 0.4) is 0 Å². The van der Waals surface area contributed by atoms with Crippen LogP contribution in [0.15, 0.2) is 60.7 Å². The van der Waals surface area contributed by atoms with Crippen LogP contribution in [-0.4, -0.2) is 25.2 Å². The second-order valence-electron chi connectivity index (χ2n) is 6.16. The molecule has 0 radical (unpaired) electrons. The van der Waals surface area contributed by atoms with Gasteiger partial charge < -0.3 is 14.2 Å². The van der Waals surface area contributed by atoms with E-state index in [1.165, 1.54) is 7.11 Å². The number of pyridine rings is 1. The molecule has 2 aromatic carbocycles. The highest BCUT2D eigenvalue weighted by Crippen LogP contribution is 2.30. The van der Waals surface area contributed by atoms with Gasteiger partial charge in [-0.15, -0.1) is 0 Å². The zero-order valence-electron chi connectivity index (χ0n) is 16.7. The van der Waals surface area contributed by atoms with E-state index < -0.39 is 6.03 Å². The summed E-state index contributed by atoms with van der Waals surface area (Å²) in [5.74, 6) is 12.7. The summed E-state index contributed by atoms with van der Waals surface area (Å²) in [6.45, 7) is 0.0734. The van der Waals surface area contributed by atoms with Crippen LogP contribution in [0, 0.1) is 0 Å². The molecule has 2 amide bonds. The zero-order valence-corrected chi connectivity index (χ0v) is 16.7. The number of hydrogen-bond acceptors (Lipinski definition) is 7. The van der Waals surface area contributed by atoms with E-state index in [9.17, 15) is 4.79 Å². The van der Waals surface area contributed by atoms with Crippen LogP contribution in [0.5, 0.6) is 17.4 Å². The molecule has 3 rings (SSSR count). The molecule has 0 spiro atoms. The fourth-order valence-corrected chi connectivity index (χ4v) is 2.86. The lowest BCUT2D eigenvalue weighted by Crippen LogP contribution is -2.48. The maximum Gasteiger partial charge on any atom is 0.350 e. The lowest BCUT2D eigenvalue weighted by atomic mass is 10.1. The molecule has 0 bridgehead atoms. The van der Waals surface area contributed by atoms with Gasteiger partial charge in [-0.25, -0.2) is 26.5 Å². The fraction of sp³-hybridized carbons (Fsp3) is 0.143. The number of methoxy groups -OCH3 is 2. The van der Waals surface area contributed by atoms with Crippen LogP contribution in [0.2, 0.25) is 0 Å². The van der Waals surface area contributed by atoms with Crippen LogP contribution in [0.1, 0.15) is 5.56 Å². The average molecular weight is 409 g/mol. The molecule has 0 aliphatic rings. The first-order valence-corrected chi connectivity index (χ1v) is 9.03. The van der Waals surface area contributed by atoms with Gasteiger partial charge in [-0.3, -0.25) is 5.43 Å².